The number of alkyl halides is 3. The Morgan fingerprint density at radius 3 is 2.63 bits per heavy atom. The molecule has 0 saturated carbocycles. The molecule has 0 aliphatic rings. The van der Waals surface area contributed by atoms with E-state index in [1.165, 1.54) is 0 Å². The topological polar surface area (TPSA) is 50.1 Å². The van der Waals surface area contributed by atoms with Crippen molar-refractivity contribution in [3.63, 3.8) is 0 Å². The third-order valence-electron chi connectivity index (χ3n) is 1.91. The Hall–Kier alpha value is -1.20. The molecule has 0 bridgehead atoms. The summed E-state index contributed by atoms with van der Waals surface area (Å²) in [7, 11) is 0. The van der Waals surface area contributed by atoms with Crippen molar-refractivity contribution in [3.8, 4) is 6.07 Å². The summed E-state index contributed by atoms with van der Waals surface area (Å²) in [5.74, 6) is -0.700. The van der Waals surface area contributed by atoms with Gasteiger partial charge in [0.05, 0.1) is 17.7 Å². The average Bonchev–Trinajstić information content (AvgIpc) is 2.27. The van der Waals surface area contributed by atoms with Gasteiger partial charge in [0.25, 0.3) is 0 Å². The van der Waals surface area contributed by atoms with E-state index in [0.29, 0.717) is 0 Å². The lowest BCUT2D eigenvalue weighted by atomic mass is 10.1. The molecule has 0 fully saturated rings. The van der Waals surface area contributed by atoms with Crippen LogP contribution in [-0.2, 0) is 4.74 Å². The summed E-state index contributed by atoms with van der Waals surface area (Å²) in [6.07, 6.45) is 0. The van der Waals surface area contributed by atoms with E-state index in [0.717, 1.165) is 12.1 Å². The van der Waals surface area contributed by atoms with Crippen LogP contribution in [0.4, 0.5) is 13.2 Å². The molecule has 3 nitrogen and oxygen atoms in total. The van der Waals surface area contributed by atoms with Gasteiger partial charge in [-0.25, -0.2) is 4.79 Å². The van der Waals surface area contributed by atoms with E-state index >= 15 is 0 Å². The number of halogens is 4. The van der Waals surface area contributed by atoms with Gasteiger partial charge in [-0.3, -0.25) is 0 Å². The van der Waals surface area contributed by atoms with Gasteiger partial charge in [-0.1, -0.05) is 0 Å². The maximum Gasteiger partial charge on any atom is 0.446 e. The van der Waals surface area contributed by atoms with Crippen molar-refractivity contribution in [1.29, 1.82) is 5.26 Å². The van der Waals surface area contributed by atoms with Crippen LogP contribution in [0.1, 0.15) is 22.8 Å². The van der Waals surface area contributed by atoms with Crippen LogP contribution in [-0.4, -0.2) is 18.1 Å². The van der Waals surface area contributed by atoms with Crippen molar-refractivity contribution < 1.29 is 22.7 Å². The van der Waals surface area contributed by atoms with Gasteiger partial charge in [-0.15, -0.1) is 0 Å². The van der Waals surface area contributed by atoms with Gasteiger partial charge < -0.3 is 4.74 Å². The monoisotopic (exact) mass is 353 g/mol. The molecule has 0 aliphatic carbocycles. The molecular formula is C11H7BrF3NO2S. The predicted octanol–water partition coefficient (Wildman–Crippen LogP) is 4.11. The first-order chi connectivity index (χ1) is 8.78. The Labute approximate surface area is 119 Å². The molecule has 102 valence electrons. The molecule has 0 radical (unpaired) electrons. The van der Waals surface area contributed by atoms with Gasteiger partial charge in [-0.2, -0.15) is 18.4 Å². The van der Waals surface area contributed by atoms with Gasteiger partial charge in [0, 0.05) is 9.37 Å². The third kappa shape index (κ3) is 4.44. The number of esters is 1. The molecule has 1 aromatic carbocycles. The Kier molecular flexibility index (Phi) is 5.26. The van der Waals surface area contributed by atoms with Crippen LogP contribution in [0.5, 0.6) is 0 Å². The molecule has 1 rings (SSSR count). The molecule has 0 atom stereocenters. The normalized spacial score (nSPS) is 10.9. The standard InChI is InChI=1S/C11H7BrF3NO2S/c1-2-18-10(17)7-3-6(5-16)9(4-8(7)12)19-11(13,14)15/h3-4H,2H2,1H3. The van der Waals surface area contributed by atoms with E-state index in [1.54, 1.807) is 13.0 Å². The van der Waals surface area contributed by atoms with E-state index in [4.69, 9.17) is 10.00 Å². The molecule has 0 heterocycles. The molecule has 8 heteroatoms. The number of benzene rings is 1. The number of thioether (sulfide) groups is 1. The largest absolute Gasteiger partial charge is 0.462 e. The highest BCUT2D eigenvalue weighted by Gasteiger charge is 2.31. The quantitative estimate of drug-likeness (QED) is 0.606. The minimum absolute atomic E-state index is 0.0184. The molecule has 0 unspecified atom stereocenters. The molecule has 1 aromatic rings. The number of nitriles is 1. The third-order valence-corrected chi connectivity index (χ3v) is 3.36. The maximum atomic E-state index is 12.3. The van der Waals surface area contributed by atoms with Crippen LogP contribution in [0.15, 0.2) is 21.5 Å². The Morgan fingerprint density at radius 2 is 2.16 bits per heavy atom. The number of nitrogens with zero attached hydrogens (tertiary/aromatic N) is 1. The van der Waals surface area contributed by atoms with Gasteiger partial charge in [0.2, 0.25) is 0 Å². The van der Waals surface area contributed by atoms with E-state index in [9.17, 15) is 18.0 Å². The van der Waals surface area contributed by atoms with Gasteiger partial charge in [0.15, 0.2) is 0 Å². The minimum atomic E-state index is -4.50. The van der Waals surface area contributed by atoms with Crippen LogP contribution < -0.4 is 0 Å². The SMILES string of the molecule is CCOC(=O)c1cc(C#N)c(SC(F)(F)F)cc1Br. The van der Waals surface area contributed by atoms with Crippen LogP contribution in [0.25, 0.3) is 0 Å². The molecule has 0 aliphatic heterocycles. The van der Waals surface area contributed by atoms with E-state index < -0.39 is 23.2 Å². The minimum Gasteiger partial charge on any atom is -0.462 e. The average molecular weight is 354 g/mol. The first-order valence-electron chi connectivity index (χ1n) is 4.95. The number of carbonyl (C=O) groups excluding carboxylic acids is 1. The first kappa shape index (κ1) is 15.9. The second-order valence-electron chi connectivity index (χ2n) is 3.21. The zero-order valence-corrected chi connectivity index (χ0v) is 11.9. The molecule has 0 spiro atoms. The second-order valence-corrected chi connectivity index (χ2v) is 5.17. The summed E-state index contributed by atoms with van der Waals surface area (Å²) in [5, 5.41) is 8.84. The summed E-state index contributed by atoms with van der Waals surface area (Å²) < 4.78 is 41.8. The van der Waals surface area contributed by atoms with Crippen molar-refractivity contribution in [3.05, 3.63) is 27.7 Å². The zero-order valence-electron chi connectivity index (χ0n) is 9.55. The fraction of sp³-hybridized carbons (Fsp3) is 0.273. The van der Waals surface area contributed by atoms with Crippen molar-refractivity contribution in [2.75, 3.05) is 6.61 Å². The van der Waals surface area contributed by atoms with Gasteiger partial charge >= 0.3 is 11.5 Å². The fourth-order valence-electron chi connectivity index (χ4n) is 1.22. The van der Waals surface area contributed by atoms with E-state index in [1.807, 2.05) is 0 Å². The number of carbonyl (C=O) groups is 1. The molecule has 0 saturated heterocycles. The molecule has 0 N–H and O–H groups in total. The lowest BCUT2D eigenvalue weighted by Crippen LogP contribution is -2.07. The smallest absolute Gasteiger partial charge is 0.446 e. The molecule has 0 amide bonds. The first-order valence-corrected chi connectivity index (χ1v) is 6.56. The summed E-state index contributed by atoms with van der Waals surface area (Å²) in [5.41, 5.74) is -4.71. The van der Waals surface area contributed by atoms with Crippen molar-refractivity contribution in [1.82, 2.24) is 0 Å². The molecule has 0 aromatic heterocycles. The second kappa shape index (κ2) is 6.30. The number of hydrogen-bond donors (Lipinski definition) is 0. The molecular weight excluding hydrogens is 347 g/mol. The highest BCUT2D eigenvalue weighted by Crippen LogP contribution is 2.40. The summed E-state index contributed by atoms with van der Waals surface area (Å²) in [6, 6.07) is 3.80. The Balaban J connectivity index is 3.22. The summed E-state index contributed by atoms with van der Waals surface area (Å²) >= 11 is 2.59. The zero-order chi connectivity index (χ0) is 14.6. The lowest BCUT2D eigenvalue weighted by molar-refractivity contribution is -0.0328. The predicted molar refractivity (Wildman–Crippen MR) is 66.7 cm³/mol. The van der Waals surface area contributed by atoms with Crippen LogP contribution in [0.2, 0.25) is 0 Å². The van der Waals surface area contributed by atoms with Gasteiger partial charge in [-0.05, 0) is 46.7 Å². The van der Waals surface area contributed by atoms with Crippen molar-refractivity contribution in [2.45, 2.75) is 17.3 Å². The van der Waals surface area contributed by atoms with Crippen molar-refractivity contribution in [2.24, 2.45) is 0 Å². The van der Waals surface area contributed by atoms with Crippen LogP contribution in [0.3, 0.4) is 0 Å². The van der Waals surface area contributed by atoms with Crippen LogP contribution >= 0.6 is 27.7 Å². The summed E-state index contributed by atoms with van der Waals surface area (Å²) in [6.45, 7) is 1.73. The van der Waals surface area contributed by atoms with Crippen LogP contribution in [0, 0.1) is 11.3 Å². The highest BCUT2D eigenvalue weighted by atomic mass is 79.9. The number of hydrogen-bond acceptors (Lipinski definition) is 4. The summed E-state index contributed by atoms with van der Waals surface area (Å²) in [4.78, 5) is 11.3. The number of ether oxygens (including phenoxy) is 1. The highest BCUT2D eigenvalue weighted by molar-refractivity contribution is 9.10. The molecule has 19 heavy (non-hydrogen) atoms. The van der Waals surface area contributed by atoms with E-state index in [2.05, 4.69) is 15.9 Å². The number of rotatable bonds is 3. The van der Waals surface area contributed by atoms with E-state index in [-0.39, 0.29) is 27.1 Å². The van der Waals surface area contributed by atoms with Gasteiger partial charge in [0.1, 0.15) is 6.07 Å². The Bertz CT molecular complexity index is 540. The fourth-order valence-corrected chi connectivity index (χ4v) is 2.51. The lowest BCUT2D eigenvalue weighted by Gasteiger charge is -2.10. The maximum absolute atomic E-state index is 12.3. The Morgan fingerprint density at radius 1 is 1.53 bits per heavy atom. The van der Waals surface area contributed by atoms with Crippen molar-refractivity contribution >= 4 is 33.7 Å².